The second-order valence-electron chi connectivity index (χ2n) is 11.2. The fourth-order valence-corrected chi connectivity index (χ4v) is 6.38. The van der Waals surface area contributed by atoms with Crippen LogP contribution in [-0.2, 0) is 4.74 Å². The number of morpholine rings is 1. The Morgan fingerprint density at radius 2 is 1.82 bits per heavy atom. The summed E-state index contributed by atoms with van der Waals surface area (Å²) in [7, 11) is 2.16. The Hall–Kier alpha value is -2.94. The fraction of sp³-hybridized carbons (Fsp3) is 0.533. The van der Waals surface area contributed by atoms with Gasteiger partial charge in [-0.1, -0.05) is 12.8 Å². The first-order valence-corrected chi connectivity index (χ1v) is 14.1. The molecule has 3 aromatic rings. The van der Waals surface area contributed by atoms with Gasteiger partial charge in [-0.15, -0.1) is 0 Å². The van der Waals surface area contributed by atoms with Gasteiger partial charge in [0.05, 0.1) is 24.4 Å². The summed E-state index contributed by atoms with van der Waals surface area (Å²) >= 11 is 0. The van der Waals surface area contributed by atoms with E-state index in [9.17, 15) is 4.79 Å². The van der Waals surface area contributed by atoms with Crippen molar-refractivity contribution in [2.24, 2.45) is 0 Å². The fourth-order valence-electron chi connectivity index (χ4n) is 6.38. The number of benzene rings is 2. The van der Waals surface area contributed by atoms with Gasteiger partial charge in [-0.25, -0.2) is 0 Å². The SMILES string of the molecule is CN1CCC(Oc2ccc(-c3n[nH]c4ccc(C(=O)NCC5(N6CCOCC6)CCCC5)cc34)cc2)CC1. The zero-order valence-electron chi connectivity index (χ0n) is 22.4. The predicted octanol–water partition coefficient (Wildman–Crippen LogP) is 4.08. The van der Waals surface area contributed by atoms with Gasteiger partial charge >= 0.3 is 0 Å². The summed E-state index contributed by atoms with van der Waals surface area (Å²) in [5, 5.41) is 11.9. The molecule has 0 spiro atoms. The first-order chi connectivity index (χ1) is 18.6. The average molecular weight is 518 g/mol. The minimum atomic E-state index is -0.0274. The molecule has 3 aliphatic rings. The van der Waals surface area contributed by atoms with E-state index in [0.29, 0.717) is 12.1 Å². The van der Waals surface area contributed by atoms with Gasteiger partial charge in [0.1, 0.15) is 11.9 Å². The Kier molecular flexibility index (Phi) is 7.37. The third kappa shape index (κ3) is 5.30. The van der Waals surface area contributed by atoms with Gasteiger partial charge < -0.3 is 19.7 Å². The highest BCUT2D eigenvalue weighted by molar-refractivity contribution is 6.01. The summed E-state index contributed by atoms with van der Waals surface area (Å²) in [5.74, 6) is 0.866. The second-order valence-corrected chi connectivity index (χ2v) is 11.2. The number of rotatable bonds is 7. The number of carbonyl (C=O) groups is 1. The summed E-state index contributed by atoms with van der Waals surface area (Å²) in [6.07, 6.45) is 7.10. The number of piperidine rings is 1. The van der Waals surface area contributed by atoms with Crippen LogP contribution in [0.15, 0.2) is 42.5 Å². The molecule has 2 N–H and O–H groups in total. The van der Waals surface area contributed by atoms with E-state index in [1.54, 1.807) is 0 Å². The molecule has 1 aliphatic carbocycles. The van der Waals surface area contributed by atoms with Crippen molar-refractivity contribution in [3.8, 4) is 17.0 Å². The van der Waals surface area contributed by atoms with E-state index in [1.807, 2.05) is 30.3 Å². The number of hydrogen-bond acceptors (Lipinski definition) is 6. The number of fused-ring (bicyclic) bond motifs is 1. The summed E-state index contributed by atoms with van der Waals surface area (Å²) in [6, 6.07) is 14.0. The predicted molar refractivity (Wildman–Crippen MR) is 149 cm³/mol. The molecule has 6 rings (SSSR count). The van der Waals surface area contributed by atoms with Crippen LogP contribution in [0.5, 0.6) is 5.75 Å². The van der Waals surface area contributed by atoms with Gasteiger partial charge in [-0.3, -0.25) is 14.8 Å². The zero-order chi connectivity index (χ0) is 26.0. The topological polar surface area (TPSA) is 82.7 Å². The number of nitrogens with zero attached hydrogens (tertiary/aromatic N) is 3. The third-order valence-corrected chi connectivity index (χ3v) is 8.72. The molecule has 8 nitrogen and oxygen atoms in total. The Morgan fingerprint density at radius 3 is 2.55 bits per heavy atom. The highest BCUT2D eigenvalue weighted by Crippen LogP contribution is 2.35. The lowest BCUT2D eigenvalue weighted by molar-refractivity contribution is -0.0199. The van der Waals surface area contributed by atoms with Gasteiger partial charge in [-0.2, -0.15) is 5.10 Å². The highest BCUT2D eigenvalue weighted by atomic mass is 16.5. The van der Waals surface area contributed by atoms with E-state index < -0.39 is 0 Å². The zero-order valence-corrected chi connectivity index (χ0v) is 22.4. The van der Waals surface area contributed by atoms with Crippen LogP contribution in [0, 0.1) is 0 Å². The normalized spacial score (nSPS) is 21.1. The molecule has 0 unspecified atom stereocenters. The summed E-state index contributed by atoms with van der Waals surface area (Å²) < 4.78 is 11.8. The van der Waals surface area contributed by atoms with Crippen LogP contribution in [0.25, 0.3) is 22.2 Å². The highest BCUT2D eigenvalue weighted by Gasteiger charge is 2.40. The molecule has 0 atom stereocenters. The van der Waals surface area contributed by atoms with E-state index in [0.717, 1.165) is 93.0 Å². The Morgan fingerprint density at radius 1 is 1.08 bits per heavy atom. The maximum Gasteiger partial charge on any atom is 0.251 e. The van der Waals surface area contributed by atoms with Crippen molar-refractivity contribution in [1.82, 2.24) is 25.3 Å². The maximum atomic E-state index is 13.3. The van der Waals surface area contributed by atoms with Crippen molar-refractivity contribution in [1.29, 1.82) is 0 Å². The van der Waals surface area contributed by atoms with Gasteiger partial charge in [0.25, 0.3) is 5.91 Å². The molecule has 3 heterocycles. The number of hydrogen-bond donors (Lipinski definition) is 2. The van der Waals surface area contributed by atoms with Crippen LogP contribution in [0.3, 0.4) is 0 Å². The number of aromatic amines is 1. The number of nitrogens with one attached hydrogen (secondary N) is 2. The summed E-state index contributed by atoms with van der Waals surface area (Å²) in [5.41, 5.74) is 3.49. The van der Waals surface area contributed by atoms with Crippen LogP contribution in [0.4, 0.5) is 0 Å². The lowest BCUT2D eigenvalue weighted by atomic mass is 9.94. The van der Waals surface area contributed by atoms with Crippen molar-refractivity contribution in [2.75, 3.05) is 53.0 Å². The van der Waals surface area contributed by atoms with E-state index in [-0.39, 0.29) is 17.6 Å². The number of likely N-dealkylation sites (tertiary alicyclic amines) is 1. The Bertz CT molecular complexity index is 1240. The van der Waals surface area contributed by atoms with Crippen LogP contribution in [0.2, 0.25) is 0 Å². The Labute approximate surface area is 224 Å². The number of H-pyrrole nitrogens is 1. The summed E-state index contributed by atoms with van der Waals surface area (Å²) in [6.45, 7) is 6.28. The molecule has 2 aliphatic heterocycles. The number of aromatic nitrogens is 2. The van der Waals surface area contributed by atoms with Crippen molar-refractivity contribution in [3.05, 3.63) is 48.0 Å². The van der Waals surface area contributed by atoms with Crippen molar-refractivity contribution >= 4 is 16.8 Å². The molecular formula is C30H39N5O3. The molecule has 3 fully saturated rings. The molecule has 0 radical (unpaired) electrons. The molecule has 38 heavy (non-hydrogen) atoms. The van der Waals surface area contributed by atoms with Crippen LogP contribution < -0.4 is 10.1 Å². The van der Waals surface area contributed by atoms with Crippen molar-refractivity contribution in [3.63, 3.8) is 0 Å². The number of amides is 1. The van der Waals surface area contributed by atoms with E-state index in [2.05, 4.69) is 44.5 Å². The molecule has 8 heteroatoms. The van der Waals surface area contributed by atoms with Crippen molar-refractivity contribution < 1.29 is 14.3 Å². The smallest absolute Gasteiger partial charge is 0.251 e. The summed E-state index contributed by atoms with van der Waals surface area (Å²) in [4.78, 5) is 18.2. The van der Waals surface area contributed by atoms with Gasteiger partial charge in [0.15, 0.2) is 0 Å². The van der Waals surface area contributed by atoms with Gasteiger partial charge in [0, 0.05) is 54.8 Å². The minimum Gasteiger partial charge on any atom is -0.490 e. The second kappa shape index (κ2) is 11.0. The molecule has 2 aromatic carbocycles. The Balaban J connectivity index is 1.15. The van der Waals surface area contributed by atoms with Crippen LogP contribution in [-0.4, -0.2) is 90.5 Å². The average Bonchev–Trinajstić information content (AvgIpc) is 3.62. The first-order valence-electron chi connectivity index (χ1n) is 14.1. The lowest BCUT2D eigenvalue weighted by Gasteiger charge is -2.43. The van der Waals surface area contributed by atoms with E-state index >= 15 is 0 Å². The molecule has 1 amide bonds. The maximum absolute atomic E-state index is 13.3. The third-order valence-electron chi connectivity index (χ3n) is 8.72. The van der Waals surface area contributed by atoms with Gasteiger partial charge in [0.2, 0.25) is 0 Å². The minimum absolute atomic E-state index is 0.0274. The van der Waals surface area contributed by atoms with Crippen LogP contribution in [0.1, 0.15) is 48.9 Å². The largest absolute Gasteiger partial charge is 0.490 e. The van der Waals surface area contributed by atoms with Crippen molar-refractivity contribution in [2.45, 2.75) is 50.2 Å². The molecule has 202 valence electrons. The lowest BCUT2D eigenvalue weighted by Crippen LogP contribution is -2.57. The van der Waals surface area contributed by atoms with Crippen LogP contribution >= 0.6 is 0 Å². The van der Waals surface area contributed by atoms with E-state index in [4.69, 9.17) is 9.47 Å². The number of carbonyl (C=O) groups excluding carboxylic acids is 1. The molecule has 1 saturated carbocycles. The van der Waals surface area contributed by atoms with Gasteiger partial charge in [-0.05, 0) is 75.2 Å². The number of ether oxygens (including phenoxy) is 2. The molecule has 1 aromatic heterocycles. The first kappa shape index (κ1) is 25.3. The standard InChI is InChI=1S/C30H39N5O3/c1-34-14-10-25(11-15-34)38-24-7-4-22(5-8-24)28-26-20-23(6-9-27(26)32-33-28)29(36)31-21-30(12-2-3-13-30)35-16-18-37-19-17-35/h4-9,20,25H,2-3,10-19,21H2,1H3,(H,31,36)(H,32,33). The van der Waals surface area contributed by atoms with E-state index in [1.165, 1.54) is 12.8 Å². The molecule has 2 saturated heterocycles. The molecule has 0 bridgehead atoms. The molecular weight excluding hydrogens is 478 g/mol. The monoisotopic (exact) mass is 517 g/mol. The quantitative estimate of drug-likeness (QED) is 0.492.